The summed E-state index contributed by atoms with van der Waals surface area (Å²) in [5.74, 6) is -1.72. The maximum Gasteiger partial charge on any atom is 0.305 e. The van der Waals surface area contributed by atoms with Gasteiger partial charge in [0.25, 0.3) is 5.91 Å². The molecule has 1 aromatic carbocycles. The SMILES string of the molecule is Nc1c(NNC(=O)c2ccco2)ncnc1NNC(=O)c1ccccc1F. The molecule has 0 unspecified atom stereocenters. The van der Waals surface area contributed by atoms with Crippen molar-refractivity contribution in [1.82, 2.24) is 20.8 Å². The van der Waals surface area contributed by atoms with Gasteiger partial charge in [-0.3, -0.25) is 31.3 Å². The van der Waals surface area contributed by atoms with Gasteiger partial charge in [-0.25, -0.2) is 14.4 Å². The van der Waals surface area contributed by atoms with Gasteiger partial charge in [-0.15, -0.1) is 0 Å². The van der Waals surface area contributed by atoms with Gasteiger partial charge < -0.3 is 10.2 Å². The Morgan fingerprint density at radius 3 is 2.26 bits per heavy atom. The zero-order chi connectivity index (χ0) is 19.2. The number of halogens is 1. The Morgan fingerprint density at radius 2 is 1.63 bits per heavy atom. The number of hydrogen-bond acceptors (Lipinski definition) is 8. The lowest BCUT2D eigenvalue weighted by Crippen LogP contribution is -2.32. The molecule has 3 aromatic rings. The lowest BCUT2D eigenvalue weighted by Gasteiger charge is -2.13. The Labute approximate surface area is 151 Å². The second-order valence-corrected chi connectivity index (χ2v) is 5.10. The van der Waals surface area contributed by atoms with Crippen molar-refractivity contribution in [2.75, 3.05) is 16.6 Å². The molecule has 0 bridgehead atoms. The third-order valence-corrected chi connectivity index (χ3v) is 3.34. The Bertz CT molecular complexity index is 962. The lowest BCUT2D eigenvalue weighted by molar-refractivity contribution is 0.0933. The van der Waals surface area contributed by atoms with Crippen LogP contribution in [-0.4, -0.2) is 21.8 Å². The van der Waals surface area contributed by atoms with Gasteiger partial charge >= 0.3 is 5.91 Å². The quantitative estimate of drug-likeness (QED) is 0.407. The highest BCUT2D eigenvalue weighted by molar-refractivity contribution is 5.95. The first-order valence-electron chi connectivity index (χ1n) is 7.57. The van der Waals surface area contributed by atoms with Gasteiger partial charge in [0.05, 0.1) is 11.8 Å². The monoisotopic (exact) mass is 371 g/mol. The average molecular weight is 371 g/mol. The van der Waals surface area contributed by atoms with Crippen LogP contribution in [0.15, 0.2) is 53.4 Å². The van der Waals surface area contributed by atoms with Crippen molar-refractivity contribution in [3.8, 4) is 0 Å². The van der Waals surface area contributed by atoms with Gasteiger partial charge in [0, 0.05) is 0 Å². The van der Waals surface area contributed by atoms with E-state index in [4.69, 9.17) is 10.2 Å². The number of carbonyl (C=O) groups excluding carboxylic acids is 2. The summed E-state index contributed by atoms with van der Waals surface area (Å²) in [6.45, 7) is 0. The number of amides is 2. The number of anilines is 3. The standard InChI is InChI=1S/C16H14FN7O3/c17-10-5-2-1-4-9(10)15(25)23-21-13-12(18)14(20-8-19-13)22-24-16(26)11-6-3-7-27-11/h1-8H,18H2,(H,23,25)(H,24,26)(H2,19,20,21,22). The molecule has 2 aromatic heterocycles. The van der Waals surface area contributed by atoms with E-state index in [0.29, 0.717) is 0 Å². The minimum Gasteiger partial charge on any atom is -0.459 e. The van der Waals surface area contributed by atoms with Crippen molar-refractivity contribution in [2.24, 2.45) is 0 Å². The summed E-state index contributed by atoms with van der Waals surface area (Å²) in [4.78, 5) is 31.6. The number of rotatable bonds is 6. The summed E-state index contributed by atoms with van der Waals surface area (Å²) >= 11 is 0. The average Bonchev–Trinajstić information content (AvgIpc) is 3.21. The number of furan rings is 1. The van der Waals surface area contributed by atoms with Crippen LogP contribution in [0.2, 0.25) is 0 Å². The fourth-order valence-corrected chi connectivity index (χ4v) is 2.01. The number of hydrogen-bond donors (Lipinski definition) is 5. The van der Waals surface area contributed by atoms with Crippen molar-refractivity contribution in [2.45, 2.75) is 0 Å². The molecule has 0 saturated carbocycles. The van der Waals surface area contributed by atoms with Gasteiger partial charge in [0.15, 0.2) is 17.4 Å². The third-order valence-electron chi connectivity index (χ3n) is 3.34. The molecule has 0 spiro atoms. The number of benzene rings is 1. The Kier molecular flexibility index (Phi) is 5.12. The zero-order valence-corrected chi connectivity index (χ0v) is 13.7. The first-order valence-corrected chi connectivity index (χ1v) is 7.57. The first-order chi connectivity index (χ1) is 13.1. The molecule has 0 fully saturated rings. The fraction of sp³-hybridized carbons (Fsp3) is 0. The summed E-state index contributed by atoms with van der Waals surface area (Å²) < 4.78 is 18.6. The number of nitrogens with two attached hydrogens (primary N) is 1. The van der Waals surface area contributed by atoms with Crippen LogP contribution in [0.3, 0.4) is 0 Å². The number of aromatic nitrogens is 2. The van der Waals surface area contributed by atoms with Crippen LogP contribution in [0, 0.1) is 5.82 Å². The van der Waals surface area contributed by atoms with Crippen LogP contribution in [-0.2, 0) is 0 Å². The van der Waals surface area contributed by atoms with Gasteiger partial charge in [-0.05, 0) is 24.3 Å². The molecule has 10 nitrogen and oxygen atoms in total. The smallest absolute Gasteiger partial charge is 0.305 e. The Hall–Kier alpha value is -4.15. The highest BCUT2D eigenvalue weighted by Crippen LogP contribution is 2.21. The summed E-state index contributed by atoms with van der Waals surface area (Å²) in [5.41, 5.74) is 15.4. The van der Waals surface area contributed by atoms with Crippen LogP contribution in [0.1, 0.15) is 20.9 Å². The van der Waals surface area contributed by atoms with E-state index >= 15 is 0 Å². The van der Waals surface area contributed by atoms with E-state index in [1.807, 2.05) is 0 Å². The van der Waals surface area contributed by atoms with Gasteiger partial charge in [-0.2, -0.15) is 0 Å². The maximum atomic E-state index is 13.6. The predicted octanol–water partition coefficient (Wildman–Crippen LogP) is 1.30. The van der Waals surface area contributed by atoms with E-state index in [0.717, 1.165) is 12.4 Å². The van der Waals surface area contributed by atoms with Crippen LogP contribution in [0.25, 0.3) is 0 Å². The lowest BCUT2D eigenvalue weighted by atomic mass is 10.2. The number of nitrogen functional groups attached to an aromatic ring is 1. The molecule has 0 radical (unpaired) electrons. The zero-order valence-electron chi connectivity index (χ0n) is 13.7. The molecule has 0 saturated heterocycles. The molecule has 0 atom stereocenters. The van der Waals surface area contributed by atoms with Crippen molar-refractivity contribution in [1.29, 1.82) is 0 Å². The fourth-order valence-electron chi connectivity index (χ4n) is 2.01. The molecular formula is C16H14FN7O3. The van der Waals surface area contributed by atoms with E-state index in [2.05, 4.69) is 31.7 Å². The first kappa shape index (κ1) is 17.7. The summed E-state index contributed by atoms with van der Waals surface area (Å²) in [6.07, 6.45) is 2.50. The van der Waals surface area contributed by atoms with E-state index < -0.39 is 17.6 Å². The van der Waals surface area contributed by atoms with Crippen molar-refractivity contribution < 1.29 is 18.4 Å². The summed E-state index contributed by atoms with van der Waals surface area (Å²) in [5, 5.41) is 0. The second-order valence-electron chi connectivity index (χ2n) is 5.10. The molecular weight excluding hydrogens is 357 g/mol. The molecule has 0 aliphatic carbocycles. The normalized spacial score (nSPS) is 10.1. The topological polar surface area (TPSA) is 147 Å². The van der Waals surface area contributed by atoms with E-state index in [1.54, 1.807) is 6.07 Å². The molecule has 27 heavy (non-hydrogen) atoms. The van der Waals surface area contributed by atoms with Crippen molar-refractivity contribution in [3.05, 3.63) is 66.1 Å². The van der Waals surface area contributed by atoms with Crippen molar-refractivity contribution in [3.63, 3.8) is 0 Å². The molecule has 6 N–H and O–H groups in total. The molecule has 11 heteroatoms. The molecule has 0 aliphatic heterocycles. The Morgan fingerprint density at radius 1 is 0.963 bits per heavy atom. The summed E-state index contributed by atoms with van der Waals surface area (Å²) in [6, 6.07) is 8.53. The molecule has 2 heterocycles. The van der Waals surface area contributed by atoms with E-state index in [9.17, 15) is 14.0 Å². The maximum absolute atomic E-state index is 13.6. The number of carbonyl (C=O) groups is 2. The Balaban J connectivity index is 1.63. The minimum absolute atomic E-state index is 0.00563. The molecule has 138 valence electrons. The molecule has 0 aliphatic rings. The van der Waals surface area contributed by atoms with Crippen LogP contribution in [0.5, 0.6) is 0 Å². The largest absolute Gasteiger partial charge is 0.459 e. The number of nitrogens with one attached hydrogen (secondary N) is 4. The van der Waals surface area contributed by atoms with Crippen molar-refractivity contribution >= 4 is 29.1 Å². The highest BCUT2D eigenvalue weighted by Gasteiger charge is 2.14. The minimum atomic E-state index is -0.716. The van der Waals surface area contributed by atoms with Crippen LogP contribution < -0.4 is 27.4 Å². The van der Waals surface area contributed by atoms with E-state index in [1.165, 1.54) is 30.5 Å². The number of nitrogens with zero attached hydrogens (tertiary/aromatic N) is 2. The second kappa shape index (κ2) is 7.82. The third kappa shape index (κ3) is 4.10. The number of hydrazine groups is 2. The van der Waals surface area contributed by atoms with Gasteiger partial charge in [-0.1, -0.05) is 12.1 Å². The summed E-state index contributed by atoms with van der Waals surface area (Å²) in [7, 11) is 0. The van der Waals surface area contributed by atoms with Crippen LogP contribution >= 0.6 is 0 Å². The van der Waals surface area contributed by atoms with Gasteiger partial charge in [0.2, 0.25) is 0 Å². The molecule has 3 rings (SSSR count). The molecule has 2 amide bonds. The predicted molar refractivity (Wildman–Crippen MR) is 93.7 cm³/mol. The van der Waals surface area contributed by atoms with Crippen LogP contribution in [0.4, 0.5) is 21.7 Å². The van der Waals surface area contributed by atoms with E-state index in [-0.39, 0.29) is 28.6 Å². The highest BCUT2D eigenvalue weighted by atomic mass is 19.1. The van der Waals surface area contributed by atoms with Gasteiger partial charge in [0.1, 0.15) is 17.8 Å².